The third kappa shape index (κ3) is 1.89. The first kappa shape index (κ1) is 10.6. The highest BCUT2D eigenvalue weighted by Crippen LogP contribution is 2.36. The van der Waals surface area contributed by atoms with Crippen molar-refractivity contribution in [1.29, 1.82) is 0 Å². The molecular formula is C10H15BrN2S. The van der Waals surface area contributed by atoms with Crippen LogP contribution in [0.1, 0.15) is 23.8 Å². The van der Waals surface area contributed by atoms with Gasteiger partial charge in [-0.1, -0.05) is 0 Å². The van der Waals surface area contributed by atoms with Crippen LogP contribution in [0.5, 0.6) is 0 Å². The van der Waals surface area contributed by atoms with Crippen LogP contribution in [-0.2, 0) is 0 Å². The number of likely N-dealkylation sites (tertiary alicyclic amines) is 1. The third-order valence-electron chi connectivity index (χ3n) is 2.84. The van der Waals surface area contributed by atoms with Gasteiger partial charge in [-0.15, -0.1) is 11.3 Å². The Balaban J connectivity index is 2.26. The lowest BCUT2D eigenvalue weighted by atomic mass is 9.96. The van der Waals surface area contributed by atoms with Gasteiger partial charge < -0.3 is 5.73 Å². The molecule has 2 unspecified atom stereocenters. The van der Waals surface area contributed by atoms with Gasteiger partial charge in [0.15, 0.2) is 0 Å². The summed E-state index contributed by atoms with van der Waals surface area (Å²) in [6, 6.07) is 2.79. The Hall–Kier alpha value is 0.100. The van der Waals surface area contributed by atoms with Gasteiger partial charge in [0.05, 0.1) is 6.04 Å². The second-order valence-corrected chi connectivity index (χ2v) is 5.67. The van der Waals surface area contributed by atoms with Crippen LogP contribution in [0.3, 0.4) is 0 Å². The largest absolute Gasteiger partial charge is 0.326 e. The molecule has 2 rings (SSSR count). The fourth-order valence-electron chi connectivity index (χ4n) is 2.11. The van der Waals surface area contributed by atoms with E-state index in [9.17, 15) is 0 Å². The van der Waals surface area contributed by atoms with Crippen LogP contribution in [0.15, 0.2) is 15.9 Å². The second-order valence-electron chi connectivity index (χ2n) is 3.86. The molecule has 14 heavy (non-hydrogen) atoms. The van der Waals surface area contributed by atoms with Crippen molar-refractivity contribution in [2.75, 3.05) is 13.6 Å². The normalized spacial score (nSPS) is 29.4. The molecular weight excluding hydrogens is 260 g/mol. The summed E-state index contributed by atoms with van der Waals surface area (Å²) in [6.07, 6.45) is 2.36. The van der Waals surface area contributed by atoms with E-state index in [0.29, 0.717) is 6.04 Å². The number of thiophene rings is 1. The third-order valence-corrected chi connectivity index (χ3v) is 4.78. The van der Waals surface area contributed by atoms with Crippen molar-refractivity contribution in [2.24, 2.45) is 5.73 Å². The summed E-state index contributed by atoms with van der Waals surface area (Å²) in [5.41, 5.74) is 6.17. The van der Waals surface area contributed by atoms with Crippen LogP contribution >= 0.6 is 27.3 Å². The van der Waals surface area contributed by atoms with Crippen LogP contribution in [0, 0.1) is 0 Å². The van der Waals surface area contributed by atoms with E-state index < -0.39 is 0 Å². The van der Waals surface area contributed by atoms with Crippen molar-refractivity contribution in [3.8, 4) is 0 Å². The first-order valence-electron chi connectivity index (χ1n) is 4.89. The van der Waals surface area contributed by atoms with E-state index in [2.05, 4.69) is 39.3 Å². The maximum atomic E-state index is 6.17. The van der Waals surface area contributed by atoms with Gasteiger partial charge in [-0.25, -0.2) is 0 Å². The average Bonchev–Trinajstić information content (AvgIpc) is 2.52. The zero-order valence-electron chi connectivity index (χ0n) is 8.24. The molecule has 0 aromatic carbocycles. The summed E-state index contributed by atoms with van der Waals surface area (Å²) in [4.78, 5) is 3.74. The molecule has 1 aliphatic rings. The number of hydrogen-bond acceptors (Lipinski definition) is 3. The zero-order chi connectivity index (χ0) is 10.1. The van der Waals surface area contributed by atoms with Crippen molar-refractivity contribution >= 4 is 27.3 Å². The van der Waals surface area contributed by atoms with E-state index >= 15 is 0 Å². The molecule has 78 valence electrons. The van der Waals surface area contributed by atoms with Gasteiger partial charge in [0.1, 0.15) is 0 Å². The second kappa shape index (κ2) is 4.31. The van der Waals surface area contributed by atoms with E-state index in [1.807, 2.05) is 0 Å². The van der Waals surface area contributed by atoms with Crippen LogP contribution < -0.4 is 5.73 Å². The van der Waals surface area contributed by atoms with Gasteiger partial charge >= 0.3 is 0 Å². The summed E-state index contributed by atoms with van der Waals surface area (Å²) in [7, 11) is 2.16. The van der Waals surface area contributed by atoms with Gasteiger partial charge in [0.2, 0.25) is 0 Å². The fraction of sp³-hybridized carbons (Fsp3) is 0.600. The number of hydrogen-bond donors (Lipinski definition) is 1. The molecule has 1 aliphatic heterocycles. The van der Waals surface area contributed by atoms with Crippen molar-refractivity contribution < 1.29 is 0 Å². The molecule has 0 aliphatic carbocycles. The number of nitrogens with two attached hydrogens (primary N) is 1. The van der Waals surface area contributed by atoms with E-state index in [1.165, 1.54) is 15.8 Å². The Morgan fingerprint density at radius 2 is 2.43 bits per heavy atom. The quantitative estimate of drug-likeness (QED) is 0.853. The Morgan fingerprint density at radius 3 is 3.00 bits per heavy atom. The van der Waals surface area contributed by atoms with Crippen LogP contribution in [0.4, 0.5) is 0 Å². The molecule has 2 N–H and O–H groups in total. The monoisotopic (exact) mass is 274 g/mol. The number of piperidine rings is 1. The summed E-state index contributed by atoms with van der Waals surface area (Å²) in [5, 5.41) is 2.12. The average molecular weight is 275 g/mol. The lowest BCUT2D eigenvalue weighted by Gasteiger charge is -2.36. The first-order valence-corrected chi connectivity index (χ1v) is 6.56. The highest BCUT2D eigenvalue weighted by atomic mass is 79.9. The molecule has 1 aromatic heterocycles. The number of rotatable bonds is 1. The highest BCUT2D eigenvalue weighted by Gasteiger charge is 2.29. The Kier molecular flexibility index (Phi) is 3.27. The lowest BCUT2D eigenvalue weighted by Crippen LogP contribution is -2.43. The standard InChI is InChI=1S/C10H15BrN2S/c1-13-5-2-3-8(12)9(13)10-7(11)4-6-14-10/h4,6,8-9H,2-3,5,12H2,1H3. The Bertz CT molecular complexity index is 303. The van der Waals surface area contributed by atoms with E-state index in [0.717, 1.165) is 13.0 Å². The van der Waals surface area contributed by atoms with Gasteiger partial charge in [-0.05, 0) is 53.8 Å². The van der Waals surface area contributed by atoms with Crippen molar-refractivity contribution in [3.05, 3.63) is 20.8 Å². The van der Waals surface area contributed by atoms with Crippen molar-refractivity contribution in [2.45, 2.75) is 24.9 Å². The lowest BCUT2D eigenvalue weighted by molar-refractivity contribution is 0.165. The van der Waals surface area contributed by atoms with E-state index in [-0.39, 0.29) is 6.04 Å². The van der Waals surface area contributed by atoms with Gasteiger partial charge in [0.25, 0.3) is 0 Å². The molecule has 0 spiro atoms. The minimum Gasteiger partial charge on any atom is -0.326 e. The molecule has 0 saturated carbocycles. The van der Waals surface area contributed by atoms with Crippen molar-refractivity contribution in [3.63, 3.8) is 0 Å². The number of nitrogens with zero attached hydrogens (tertiary/aromatic N) is 1. The maximum Gasteiger partial charge on any atom is 0.0602 e. The smallest absolute Gasteiger partial charge is 0.0602 e. The first-order chi connectivity index (χ1) is 6.70. The molecule has 2 atom stereocenters. The molecule has 1 saturated heterocycles. The minimum atomic E-state index is 0.281. The van der Waals surface area contributed by atoms with E-state index in [1.54, 1.807) is 11.3 Å². The summed E-state index contributed by atoms with van der Waals surface area (Å²) < 4.78 is 1.21. The van der Waals surface area contributed by atoms with E-state index in [4.69, 9.17) is 5.73 Å². The number of halogens is 1. The van der Waals surface area contributed by atoms with Crippen LogP contribution in [0.25, 0.3) is 0 Å². The SMILES string of the molecule is CN1CCCC(N)C1c1sccc1Br. The predicted molar refractivity (Wildman–Crippen MR) is 64.6 cm³/mol. The minimum absolute atomic E-state index is 0.281. The maximum absolute atomic E-state index is 6.17. The molecule has 2 heterocycles. The zero-order valence-corrected chi connectivity index (χ0v) is 10.6. The highest BCUT2D eigenvalue weighted by molar-refractivity contribution is 9.10. The molecule has 0 bridgehead atoms. The van der Waals surface area contributed by atoms with Gasteiger partial charge in [0, 0.05) is 15.4 Å². The number of likely N-dealkylation sites (N-methyl/N-ethyl adjacent to an activating group) is 1. The summed E-state index contributed by atoms with van der Waals surface area (Å²) >= 11 is 5.38. The molecule has 0 amide bonds. The summed E-state index contributed by atoms with van der Waals surface area (Å²) in [5.74, 6) is 0. The molecule has 4 heteroatoms. The Labute approximate surface area is 97.2 Å². The van der Waals surface area contributed by atoms with Crippen LogP contribution in [0.2, 0.25) is 0 Å². The molecule has 2 nitrogen and oxygen atoms in total. The molecule has 0 radical (unpaired) electrons. The fourth-order valence-corrected chi connectivity index (χ4v) is 3.96. The molecule has 1 fully saturated rings. The van der Waals surface area contributed by atoms with Crippen molar-refractivity contribution in [1.82, 2.24) is 4.90 Å². The summed E-state index contributed by atoms with van der Waals surface area (Å²) in [6.45, 7) is 1.16. The van der Waals surface area contributed by atoms with Gasteiger partial charge in [-0.2, -0.15) is 0 Å². The van der Waals surface area contributed by atoms with Crippen LogP contribution in [-0.4, -0.2) is 24.5 Å². The Morgan fingerprint density at radius 1 is 1.64 bits per heavy atom. The predicted octanol–water partition coefficient (Wildman–Crippen LogP) is 2.60. The topological polar surface area (TPSA) is 29.3 Å². The van der Waals surface area contributed by atoms with Gasteiger partial charge in [-0.3, -0.25) is 4.90 Å². The molecule has 1 aromatic rings.